The minimum Gasteiger partial charge on any atom is -0.443 e. The number of benzene rings is 1. The van der Waals surface area contributed by atoms with Gasteiger partial charge in [-0.3, -0.25) is 31.0 Å². The molecule has 0 saturated carbocycles. The number of anilines is 1. The summed E-state index contributed by atoms with van der Waals surface area (Å²) in [6.07, 6.45) is 0.451. The highest BCUT2D eigenvalue weighted by Crippen LogP contribution is 2.33. The van der Waals surface area contributed by atoms with Gasteiger partial charge in [0.05, 0.1) is 24.6 Å². The van der Waals surface area contributed by atoms with Crippen molar-refractivity contribution in [2.75, 3.05) is 17.2 Å². The van der Waals surface area contributed by atoms with E-state index in [-0.39, 0.29) is 28.7 Å². The molecule has 8 heteroatoms. The summed E-state index contributed by atoms with van der Waals surface area (Å²) in [6, 6.07) is 4.14. The van der Waals surface area contributed by atoms with Crippen molar-refractivity contribution < 1.29 is 28.3 Å². The predicted octanol–water partition coefficient (Wildman–Crippen LogP) is 1.19. The third kappa shape index (κ3) is 3.58. The molecule has 0 aromatic heterocycles. The van der Waals surface area contributed by atoms with Crippen molar-refractivity contribution in [1.82, 2.24) is 0 Å². The van der Waals surface area contributed by atoms with E-state index in [1.807, 2.05) is 0 Å². The molecular formula is C17H19FNO5S. The van der Waals surface area contributed by atoms with E-state index in [2.05, 4.69) is 0 Å². The van der Waals surface area contributed by atoms with Crippen molar-refractivity contribution in [2.24, 2.45) is 0 Å². The summed E-state index contributed by atoms with van der Waals surface area (Å²) in [5.41, 5.74) is 0.477. The molecule has 1 radical (unpaired) electrons. The monoisotopic (exact) mass is 368 g/mol. The van der Waals surface area contributed by atoms with E-state index in [1.54, 1.807) is 0 Å². The third-order valence-electron chi connectivity index (χ3n) is 4.41. The zero-order valence-corrected chi connectivity index (χ0v) is 15.1. The lowest BCUT2D eigenvalue weighted by Crippen LogP contribution is -2.27. The zero-order chi connectivity index (χ0) is 18.1. The molecule has 2 aliphatic heterocycles. The second-order valence-corrected chi connectivity index (χ2v) is 8.10. The Kier molecular flexibility index (Phi) is 4.89. The number of hydrogen-bond acceptors (Lipinski definition) is 5. The van der Waals surface area contributed by atoms with Gasteiger partial charge in [-0.2, -0.15) is 0 Å². The summed E-state index contributed by atoms with van der Waals surface area (Å²) in [5, 5.41) is -0.328. The van der Waals surface area contributed by atoms with Crippen LogP contribution < -0.4 is 4.90 Å². The number of ketones is 2. The van der Waals surface area contributed by atoms with Gasteiger partial charge in [0.15, 0.2) is 0 Å². The maximum Gasteiger partial charge on any atom is 0.414 e. The Morgan fingerprint density at radius 1 is 1.36 bits per heavy atom. The molecule has 6 nitrogen and oxygen atoms in total. The number of ether oxygens (including phenoxy) is 1. The first-order valence-electron chi connectivity index (χ1n) is 8.07. The fourth-order valence-corrected chi connectivity index (χ4v) is 4.65. The maximum absolute atomic E-state index is 14.5. The van der Waals surface area contributed by atoms with Crippen molar-refractivity contribution in [2.45, 2.75) is 25.4 Å². The van der Waals surface area contributed by atoms with Gasteiger partial charge < -0.3 is 4.74 Å². The van der Waals surface area contributed by atoms with Crippen LogP contribution in [0.15, 0.2) is 18.2 Å². The van der Waals surface area contributed by atoms with Crippen LogP contribution in [0.3, 0.4) is 0 Å². The quantitative estimate of drug-likeness (QED) is 0.746. The number of carbonyl (C=O) groups excluding carboxylic acids is 4. The molecule has 2 aliphatic rings. The number of rotatable bonds is 4. The lowest BCUT2D eigenvalue weighted by Gasteiger charge is -2.22. The third-order valence-corrected chi connectivity index (χ3v) is 5.98. The predicted molar refractivity (Wildman–Crippen MR) is 94.4 cm³/mol. The first kappa shape index (κ1) is 17.6. The lowest BCUT2D eigenvalue weighted by molar-refractivity contribution is -0.133. The van der Waals surface area contributed by atoms with Gasteiger partial charge in [-0.25, -0.2) is 9.18 Å². The topological polar surface area (TPSA) is 80.8 Å². The van der Waals surface area contributed by atoms with Crippen LogP contribution in [0.1, 0.15) is 24.8 Å². The summed E-state index contributed by atoms with van der Waals surface area (Å²) in [4.78, 5) is 47.9. The Bertz CT molecular complexity index is 765. The fraction of sp³-hybridized carbons (Fsp3) is 0.353. The lowest BCUT2D eigenvalue weighted by atomic mass is 9.91. The van der Waals surface area contributed by atoms with Crippen molar-refractivity contribution in [3.63, 3.8) is 0 Å². The van der Waals surface area contributed by atoms with Crippen molar-refractivity contribution in [1.29, 1.82) is 0 Å². The van der Waals surface area contributed by atoms with Crippen molar-refractivity contribution in [3.05, 3.63) is 36.0 Å². The second kappa shape index (κ2) is 6.95. The molecule has 2 saturated heterocycles. The fourth-order valence-electron chi connectivity index (χ4n) is 3.22. The molecule has 25 heavy (non-hydrogen) atoms. The van der Waals surface area contributed by atoms with E-state index in [1.165, 1.54) is 30.4 Å². The Balaban J connectivity index is 1.80. The molecule has 0 bridgehead atoms. The van der Waals surface area contributed by atoms with Crippen LogP contribution in [0.25, 0.3) is 0 Å². The number of carbonyl (C=O) groups is 4. The van der Waals surface area contributed by atoms with Gasteiger partial charge in [0.25, 0.3) is 0 Å². The zero-order valence-electron chi connectivity index (χ0n) is 13.7. The number of amides is 1. The molecule has 135 valence electrons. The Labute approximate surface area is 147 Å². The van der Waals surface area contributed by atoms with Crippen LogP contribution in [-0.2, 0) is 19.1 Å². The first-order chi connectivity index (χ1) is 11.9. The molecule has 1 aromatic carbocycles. The number of cyclic esters (lactones) is 1. The summed E-state index contributed by atoms with van der Waals surface area (Å²) in [6.45, 7) is 1.47. The molecule has 1 amide bonds. The second-order valence-electron chi connectivity index (χ2n) is 6.25. The van der Waals surface area contributed by atoms with E-state index in [4.69, 9.17) is 4.74 Å². The summed E-state index contributed by atoms with van der Waals surface area (Å²) >= 11 is -1.02. The highest BCUT2D eigenvalue weighted by molar-refractivity contribution is 8.15. The van der Waals surface area contributed by atoms with E-state index in [9.17, 15) is 23.6 Å². The van der Waals surface area contributed by atoms with Crippen LogP contribution >= 0.6 is 11.8 Å². The highest BCUT2D eigenvalue weighted by Gasteiger charge is 2.35. The SMILES string of the molecule is CC(=O)[CH][C@@H]1CN(c2ccc(C3CC[SH4]C(=O)C3=O)c(F)c2)C(=O)O1. The normalized spacial score (nSPS) is 24.1. The van der Waals surface area contributed by atoms with E-state index < -0.39 is 41.5 Å². The highest BCUT2D eigenvalue weighted by atomic mass is 32.2. The Morgan fingerprint density at radius 2 is 2.12 bits per heavy atom. The maximum atomic E-state index is 14.5. The summed E-state index contributed by atoms with van der Waals surface area (Å²) in [5.74, 6) is -1.38. The number of nitrogens with zero attached hydrogens (tertiary/aromatic N) is 1. The minimum absolute atomic E-state index is 0.115. The molecule has 0 spiro atoms. The average molecular weight is 368 g/mol. The molecule has 0 N–H and O–H groups in total. The van der Waals surface area contributed by atoms with E-state index in [0.29, 0.717) is 12.2 Å². The summed E-state index contributed by atoms with van der Waals surface area (Å²) in [7, 11) is 0. The van der Waals surface area contributed by atoms with Crippen molar-refractivity contribution >= 4 is 40.2 Å². The first-order valence-corrected chi connectivity index (χ1v) is 9.77. The van der Waals surface area contributed by atoms with Gasteiger partial charge in [0.2, 0.25) is 10.9 Å². The molecule has 2 atom stereocenters. The van der Waals surface area contributed by atoms with Gasteiger partial charge in [-0.05, 0) is 36.8 Å². The van der Waals surface area contributed by atoms with Crippen LogP contribution in [0.5, 0.6) is 0 Å². The number of hydrogen-bond donors (Lipinski definition) is 0. The number of Topliss-reactive ketones (excluding diaryl/α,β-unsaturated/α-hetero) is 2. The van der Waals surface area contributed by atoms with E-state index >= 15 is 0 Å². The minimum atomic E-state index is -1.02. The molecule has 1 unspecified atom stereocenters. The average Bonchev–Trinajstić information content (AvgIpc) is 2.90. The van der Waals surface area contributed by atoms with E-state index in [0.717, 1.165) is 6.07 Å². The standard InChI is InChI=1S/C17H19FNO5S/c1-9(20)6-11-8-19(17(23)24-11)10-2-3-12(14(18)7-10)13-4-5-25-16(22)15(13)21/h2-3,6-7,11,13H,4-5,8H2,1H3,25H4/t11-,13?/m1/s1. The molecular weight excluding hydrogens is 349 g/mol. The van der Waals surface area contributed by atoms with Gasteiger partial charge in [0.1, 0.15) is 17.7 Å². The smallest absolute Gasteiger partial charge is 0.414 e. The van der Waals surface area contributed by atoms with Gasteiger partial charge in [0, 0.05) is 0 Å². The van der Waals surface area contributed by atoms with Gasteiger partial charge >= 0.3 is 6.09 Å². The number of halogens is 1. The van der Waals surface area contributed by atoms with Gasteiger partial charge in [-0.1, -0.05) is 6.07 Å². The van der Waals surface area contributed by atoms with Crippen molar-refractivity contribution in [3.8, 4) is 0 Å². The molecule has 2 fully saturated rings. The largest absolute Gasteiger partial charge is 0.443 e. The summed E-state index contributed by atoms with van der Waals surface area (Å²) < 4.78 is 19.6. The molecule has 2 heterocycles. The van der Waals surface area contributed by atoms with Crippen LogP contribution in [0.4, 0.5) is 14.9 Å². The molecule has 0 aliphatic carbocycles. The molecule has 3 rings (SSSR count). The van der Waals surface area contributed by atoms with Crippen LogP contribution in [0.2, 0.25) is 0 Å². The van der Waals surface area contributed by atoms with Gasteiger partial charge in [-0.15, -0.1) is 0 Å². The molecule has 1 aromatic rings. The Hall–Kier alpha value is -2.22. The Morgan fingerprint density at radius 3 is 2.80 bits per heavy atom. The van der Waals surface area contributed by atoms with Crippen LogP contribution in [-0.4, -0.2) is 41.2 Å². The van der Waals surface area contributed by atoms with Crippen LogP contribution in [0, 0.1) is 12.2 Å².